The van der Waals surface area contributed by atoms with Crippen LogP contribution in [0.4, 0.5) is 5.69 Å². The Kier molecular flexibility index (Phi) is 3.01. The maximum absolute atomic E-state index is 12.1. The van der Waals surface area contributed by atoms with Gasteiger partial charge in [-0.25, -0.2) is 8.42 Å². The number of nitrogens with zero attached hydrogens (tertiary/aromatic N) is 1. The summed E-state index contributed by atoms with van der Waals surface area (Å²) in [6, 6.07) is 4.55. The fourth-order valence-corrected chi connectivity index (χ4v) is 3.83. The highest BCUT2D eigenvalue weighted by Crippen LogP contribution is 2.34. The number of aliphatic hydroxyl groups excluding tert-OH is 1. The van der Waals surface area contributed by atoms with Crippen molar-refractivity contribution in [3.05, 3.63) is 18.2 Å². The first-order valence-corrected chi connectivity index (χ1v) is 6.89. The third-order valence-corrected chi connectivity index (χ3v) is 4.87. The molecule has 5 nitrogen and oxygen atoms in total. The van der Waals surface area contributed by atoms with E-state index in [0.717, 1.165) is 0 Å². The van der Waals surface area contributed by atoms with Crippen LogP contribution in [0.1, 0.15) is 0 Å². The molecule has 0 aromatic heterocycles. The highest BCUT2D eigenvalue weighted by atomic mass is 32.2. The number of methoxy groups -OCH3 is 1. The van der Waals surface area contributed by atoms with Gasteiger partial charge in [-0.05, 0) is 12.1 Å². The first-order chi connectivity index (χ1) is 7.99. The van der Waals surface area contributed by atoms with Crippen molar-refractivity contribution in [1.82, 2.24) is 0 Å². The number of aliphatic hydroxyl groups is 1. The first-order valence-electron chi connectivity index (χ1n) is 5.24. The Morgan fingerprint density at radius 1 is 1.53 bits per heavy atom. The van der Waals surface area contributed by atoms with E-state index in [-0.39, 0.29) is 23.3 Å². The topological polar surface area (TPSA) is 66.8 Å². The normalized spacial score (nSPS) is 22.1. The molecule has 2 rings (SSSR count). The van der Waals surface area contributed by atoms with E-state index in [2.05, 4.69) is 0 Å². The van der Waals surface area contributed by atoms with Crippen molar-refractivity contribution in [1.29, 1.82) is 0 Å². The van der Waals surface area contributed by atoms with Gasteiger partial charge >= 0.3 is 0 Å². The number of hydrogen-bond donors (Lipinski definition) is 1. The zero-order valence-electron chi connectivity index (χ0n) is 9.75. The maximum Gasteiger partial charge on any atom is 0.182 e. The Labute approximate surface area is 101 Å². The molecule has 1 heterocycles. The standard InChI is InChI=1S/C11H15NO4S/c1-12-8(6-13)7-17(14,15)11-5-9(16-2)3-4-10(11)12/h3-5,8,13H,6-7H2,1-2H3. The van der Waals surface area contributed by atoms with Crippen LogP contribution in [0.15, 0.2) is 23.1 Å². The predicted molar refractivity (Wildman–Crippen MR) is 64.3 cm³/mol. The summed E-state index contributed by atoms with van der Waals surface area (Å²) in [5, 5.41) is 9.19. The lowest BCUT2D eigenvalue weighted by atomic mass is 10.2. The Balaban J connectivity index is 2.59. The Morgan fingerprint density at radius 2 is 2.24 bits per heavy atom. The summed E-state index contributed by atoms with van der Waals surface area (Å²) in [7, 11) is -0.0744. The lowest BCUT2D eigenvalue weighted by Gasteiger charge is -2.34. The van der Waals surface area contributed by atoms with E-state index in [4.69, 9.17) is 4.74 Å². The van der Waals surface area contributed by atoms with Crippen molar-refractivity contribution in [3.8, 4) is 5.75 Å². The van der Waals surface area contributed by atoms with Crippen LogP contribution in [-0.4, -0.2) is 46.1 Å². The molecule has 94 valence electrons. The number of ether oxygens (including phenoxy) is 1. The van der Waals surface area contributed by atoms with Gasteiger partial charge in [0.1, 0.15) is 5.75 Å². The van der Waals surface area contributed by atoms with Crippen LogP contribution < -0.4 is 9.64 Å². The van der Waals surface area contributed by atoms with Crippen LogP contribution in [0.3, 0.4) is 0 Å². The van der Waals surface area contributed by atoms with Crippen molar-refractivity contribution in [3.63, 3.8) is 0 Å². The molecule has 0 spiro atoms. The van der Waals surface area contributed by atoms with E-state index in [1.165, 1.54) is 13.2 Å². The number of sulfone groups is 1. The van der Waals surface area contributed by atoms with E-state index in [0.29, 0.717) is 11.4 Å². The molecule has 1 N–H and O–H groups in total. The van der Waals surface area contributed by atoms with E-state index >= 15 is 0 Å². The molecule has 6 heteroatoms. The molecule has 0 saturated carbocycles. The lowest BCUT2D eigenvalue weighted by Crippen LogP contribution is -2.44. The van der Waals surface area contributed by atoms with Crippen molar-refractivity contribution in [2.45, 2.75) is 10.9 Å². The fourth-order valence-electron chi connectivity index (χ4n) is 1.99. The molecular weight excluding hydrogens is 242 g/mol. The Bertz CT molecular complexity index is 526. The Hall–Kier alpha value is -1.27. The van der Waals surface area contributed by atoms with Crippen molar-refractivity contribution in [2.24, 2.45) is 0 Å². The second kappa shape index (κ2) is 4.19. The van der Waals surface area contributed by atoms with Crippen LogP contribution >= 0.6 is 0 Å². The Morgan fingerprint density at radius 3 is 2.82 bits per heavy atom. The molecule has 0 radical (unpaired) electrons. The maximum atomic E-state index is 12.1. The molecule has 1 atom stereocenters. The molecule has 0 bridgehead atoms. The molecule has 1 aliphatic heterocycles. The van der Waals surface area contributed by atoms with Gasteiger partial charge < -0.3 is 14.7 Å². The summed E-state index contributed by atoms with van der Waals surface area (Å²) in [6.07, 6.45) is 0. The number of hydrogen-bond acceptors (Lipinski definition) is 5. The van der Waals surface area contributed by atoms with Crippen molar-refractivity contribution in [2.75, 3.05) is 31.4 Å². The third-order valence-electron chi connectivity index (χ3n) is 3.05. The molecule has 0 saturated heterocycles. The number of rotatable bonds is 2. The monoisotopic (exact) mass is 257 g/mol. The average molecular weight is 257 g/mol. The largest absolute Gasteiger partial charge is 0.497 e. The minimum Gasteiger partial charge on any atom is -0.497 e. The molecule has 0 aliphatic carbocycles. The fraction of sp³-hybridized carbons (Fsp3) is 0.455. The van der Waals surface area contributed by atoms with Gasteiger partial charge in [-0.3, -0.25) is 0 Å². The van der Waals surface area contributed by atoms with Crippen LogP contribution in [0.5, 0.6) is 5.75 Å². The van der Waals surface area contributed by atoms with Gasteiger partial charge in [-0.15, -0.1) is 0 Å². The molecule has 1 aromatic rings. The highest BCUT2D eigenvalue weighted by molar-refractivity contribution is 7.91. The smallest absolute Gasteiger partial charge is 0.182 e. The molecule has 1 aliphatic rings. The average Bonchev–Trinajstić information content (AvgIpc) is 2.33. The van der Waals surface area contributed by atoms with Crippen molar-refractivity contribution < 1.29 is 18.3 Å². The summed E-state index contributed by atoms with van der Waals surface area (Å²) < 4.78 is 29.2. The minimum atomic E-state index is -3.35. The van der Waals surface area contributed by atoms with Crippen LogP contribution in [-0.2, 0) is 9.84 Å². The molecule has 1 aromatic carbocycles. The first kappa shape index (κ1) is 12.2. The van der Waals surface area contributed by atoms with E-state index in [1.54, 1.807) is 24.1 Å². The van der Waals surface area contributed by atoms with Gasteiger partial charge in [0.2, 0.25) is 0 Å². The van der Waals surface area contributed by atoms with Gasteiger partial charge in [0, 0.05) is 13.1 Å². The highest BCUT2D eigenvalue weighted by Gasteiger charge is 2.33. The lowest BCUT2D eigenvalue weighted by molar-refractivity contribution is 0.269. The van der Waals surface area contributed by atoms with E-state index in [1.807, 2.05) is 0 Å². The third kappa shape index (κ3) is 1.98. The number of benzene rings is 1. The number of fused-ring (bicyclic) bond motifs is 1. The van der Waals surface area contributed by atoms with E-state index in [9.17, 15) is 13.5 Å². The summed E-state index contributed by atoms with van der Waals surface area (Å²) in [6.45, 7) is -0.179. The molecule has 0 amide bonds. The molecule has 17 heavy (non-hydrogen) atoms. The van der Waals surface area contributed by atoms with Gasteiger partial charge in [0.15, 0.2) is 9.84 Å². The van der Waals surface area contributed by atoms with Crippen LogP contribution in [0, 0.1) is 0 Å². The second-order valence-electron chi connectivity index (χ2n) is 4.06. The summed E-state index contributed by atoms with van der Waals surface area (Å²) >= 11 is 0. The SMILES string of the molecule is COc1ccc2c(c1)S(=O)(=O)CC(CO)N2C. The van der Waals surface area contributed by atoms with Gasteiger partial charge in [-0.1, -0.05) is 0 Å². The number of anilines is 1. The van der Waals surface area contributed by atoms with Gasteiger partial charge in [0.25, 0.3) is 0 Å². The summed E-state index contributed by atoms with van der Waals surface area (Å²) in [5.41, 5.74) is 0.608. The quantitative estimate of drug-likeness (QED) is 0.824. The second-order valence-corrected chi connectivity index (χ2v) is 6.07. The summed E-state index contributed by atoms with van der Waals surface area (Å²) in [5.74, 6) is 0.448. The minimum absolute atomic E-state index is 0.0693. The predicted octanol–water partition coefficient (Wildman–Crippen LogP) is 0.280. The molecule has 0 fully saturated rings. The van der Waals surface area contributed by atoms with Crippen LogP contribution in [0.25, 0.3) is 0 Å². The summed E-state index contributed by atoms with van der Waals surface area (Å²) in [4.78, 5) is 2.06. The molecule has 1 unspecified atom stereocenters. The zero-order chi connectivity index (χ0) is 12.6. The van der Waals surface area contributed by atoms with Crippen LogP contribution in [0.2, 0.25) is 0 Å². The number of likely N-dealkylation sites (N-methyl/N-ethyl adjacent to an activating group) is 1. The van der Waals surface area contributed by atoms with E-state index < -0.39 is 9.84 Å². The molecular formula is C11H15NO4S. The van der Waals surface area contributed by atoms with Gasteiger partial charge in [0.05, 0.1) is 36.1 Å². The van der Waals surface area contributed by atoms with Crippen molar-refractivity contribution >= 4 is 15.5 Å². The zero-order valence-corrected chi connectivity index (χ0v) is 10.6. The van der Waals surface area contributed by atoms with Gasteiger partial charge in [-0.2, -0.15) is 0 Å².